The van der Waals surface area contributed by atoms with Gasteiger partial charge in [0.25, 0.3) is 0 Å². The lowest BCUT2D eigenvalue weighted by Crippen LogP contribution is -1.94. The molecule has 1 aliphatic carbocycles. The summed E-state index contributed by atoms with van der Waals surface area (Å²) in [5, 5.41) is 0.311. The van der Waals surface area contributed by atoms with Gasteiger partial charge in [-0.1, -0.05) is 35.7 Å². The quantitative estimate of drug-likeness (QED) is 0.694. The van der Waals surface area contributed by atoms with Crippen LogP contribution in [0.3, 0.4) is 0 Å². The van der Waals surface area contributed by atoms with Crippen LogP contribution in [0.5, 0.6) is 0 Å². The second-order valence-electron chi connectivity index (χ2n) is 3.39. The molecule has 1 saturated carbocycles. The van der Waals surface area contributed by atoms with E-state index in [9.17, 15) is 9.59 Å². The van der Waals surface area contributed by atoms with Gasteiger partial charge in [0.1, 0.15) is 0 Å². The highest BCUT2D eigenvalue weighted by Crippen LogP contribution is 2.47. The first-order valence-electron chi connectivity index (χ1n) is 4.47. The molecule has 0 N–H and O–H groups in total. The zero-order chi connectivity index (χ0) is 10.7. The minimum Gasteiger partial charge on any atom is -0.288 e. The van der Waals surface area contributed by atoms with Crippen molar-refractivity contribution in [3.05, 3.63) is 12.2 Å². The van der Waals surface area contributed by atoms with Crippen molar-refractivity contribution in [2.45, 2.75) is 13.8 Å². The van der Waals surface area contributed by atoms with Gasteiger partial charge in [0.05, 0.1) is 0 Å². The van der Waals surface area contributed by atoms with Gasteiger partial charge >= 0.3 is 0 Å². The highest BCUT2D eigenvalue weighted by molar-refractivity contribution is 8.13. The van der Waals surface area contributed by atoms with E-state index < -0.39 is 0 Å². The van der Waals surface area contributed by atoms with Crippen molar-refractivity contribution in [1.82, 2.24) is 0 Å². The molecule has 0 aromatic carbocycles. The van der Waals surface area contributed by atoms with E-state index >= 15 is 0 Å². The van der Waals surface area contributed by atoms with Crippen molar-refractivity contribution in [2.75, 3.05) is 11.5 Å². The van der Waals surface area contributed by atoms with Crippen LogP contribution in [0.2, 0.25) is 0 Å². The molecule has 0 heterocycles. The summed E-state index contributed by atoms with van der Waals surface area (Å²) in [6, 6.07) is 0. The van der Waals surface area contributed by atoms with E-state index in [1.807, 2.05) is 0 Å². The molecular formula is C10H14O2S2. The fourth-order valence-electron chi connectivity index (χ4n) is 1.31. The summed E-state index contributed by atoms with van der Waals surface area (Å²) >= 11 is 2.70. The molecule has 14 heavy (non-hydrogen) atoms. The average molecular weight is 230 g/mol. The average Bonchev–Trinajstić information content (AvgIpc) is 2.69. The van der Waals surface area contributed by atoms with Crippen molar-refractivity contribution >= 4 is 33.8 Å². The zero-order valence-corrected chi connectivity index (χ0v) is 10.0. The smallest absolute Gasteiger partial charge is 0.185 e. The van der Waals surface area contributed by atoms with Gasteiger partial charge in [-0.3, -0.25) is 9.59 Å². The molecule has 0 unspecified atom stereocenters. The minimum absolute atomic E-state index is 0.155. The summed E-state index contributed by atoms with van der Waals surface area (Å²) in [5.41, 5.74) is 1.20. The molecule has 1 rings (SSSR count). The number of allylic oxidation sites excluding steroid dienone is 1. The lowest BCUT2D eigenvalue weighted by Gasteiger charge is -1.95. The van der Waals surface area contributed by atoms with Gasteiger partial charge in [-0.2, -0.15) is 0 Å². The number of hydrogen-bond donors (Lipinski definition) is 0. The maximum absolute atomic E-state index is 10.7. The Kier molecular flexibility index (Phi) is 4.26. The van der Waals surface area contributed by atoms with Gasteiger partial charge in [-0.25, -0.2) is 0 Å². The van der Waals surface area contributed by atoms with Gasteiger partial charge in [-0.15, -0.1) is 0 Å². The molecule has 1 fully saturated rings. The molecule has 0 aromatic heterocycles. The van der Waals surface area contributed by atoms with Crippen LogP contribution >= 0.6 is 23.5 Å². The molecule has 0 spiro atoms. The SMILES string of the molecule is C=C1[C@H](CSC(C)=O)[C@H]1CSC(C)=O. The fourth-order valence-corrected chi connectivity index (χ4v) is 3.03. The van der Waals surface area contributed by atoms with Crippen molar-refractivity contribution in [2.24, 2.45) is 11.8 Å². The Morgan fingerprint density at radius 1 is 1.14 bits per heavy atom. The largest absolute Gasteiger partial charge is 0.288 e. The summed E-state index contributed by atoms with van der Waals surface area (Å²) in [5.74, 6) is 2.57. The van der Waals surface area contributed by atoms with E-state index in [1.165, 1.54) is 29.1 Å². The fraction of sp³-hybridized carbons (Fsp3) is 0.600. The summed E-state index contributed by atoms with van der Waals surface area (Å²) in [7, 11) is 0. The van der Waals surface area contributed by atoms with Crippen molar-refractivity contribution < 1.29 is 9.59 Å². The molecule has 0 radical (unpaired) electrons. The summed E-state index contributed by atoms with van der Waals surface area (Å²) < 4.78 is 0. The Hall–Kier alpha value is -0.220. The molecule has 0 aliphatic heterocycles. The lowest BCUT2D eigenvalue weighted by atomic mass is 10.4. The third-order valence-corrected chi connectivity index (χ3v) is 4.13. The molecule has 1 aliphatic rings. The lowest BCUT2D eigenvalue weighted by molar-refractivity contribution is -0.109. The third-order valence-electron chi connectivity index (χ3n) is 2.26. The van der Waals surface area contributed by atoms with Crippen LogP contribution in [0.1, 0.15) is 13.8 Å². The van der Waals surface area contributed by atoms with Gasteiger partial charge < -0.3 is 0 Å². The van der Waals surface area contributed by atoms with E-state index in [-0.39, 0.29) is 10.2 Å². The molecular weight excluding hydrogens is 216 g/mol. The highest BCUT2D eigenvalue weighted by atomic mass is 32.2. The van der Waals surface area contributed by atoms with Gasteiger partial charge in [0.15, 0.2) is 10.2 Å². The predicted octanol–water partition coefficient (Wildman–Crippen LogP) is 2.35. The molecule has 0 bridgehead atoms. The monoisotopic (exact) mass is 230 g/mol. The summed E-state index contributed by atoms with van der Waals surface area (Å²) in [4.78, 5) is 21.5. The van der Waals surface area contributed by atoms with Gasteiger partial charge in [0, 0.05) is 25.4 Å². The predicted molar refractivity (Wildman–Crippen MR) is 62.4 cm³/mol. The third kappa shape index (κ3) is 3.50. The van der Waals surface area contributed by atoms with Gasteiger partial charge in [0.2, 0.25) is 0 Å². The number of rotatable bonds is 4. The molecule has 4 heteroatoms. The molecule has 2 nitrogen and oxygen atoms in total. The van der Waals surface area contributed by atoms with Crippen molar-refractivity contribution in [3.8, 4) is 0 Å². The molecule has 0 amide bonds. The van der Waals surface area contributed by atoms with E-state index in [0.29, 0.717) is 11.8 Å². The van der Waals surface area contributed by atoms with Crippen LogP contribution in [0.15, 0.2) is 12.2 Å². The maximum atomic E-state index is 10.7. The summed E-state index contributed by atoms with van der Waals surface area (Å²) in [6.45, 7) is 7.09. The molecule has 0 saturated heterocycles. The number of carbonyl (C=O) groups is 2. The molecule has 0 aromatic rings. The second kappa shape index (κ2) is 5.03. The first-order chi connectivity index (χ1) is 6.52. The van der Waals surface area contributed by atoms with E-state index in [1.54, 1.807) is 13.8 Å². The minimum atomic E-state index is 0.155. The number of hydrogen-bond acceptors (Lipinski definition) is 4. The van der Waals surface area contributed by atoms with Crippen LogP contribution < -0.4 is 0 Å². The first kappa shape index (κ1) is 11.9. The van der Waals surface area contributed by atoms with Crippen LogP contribution in [0.4, 0.5) is 0 Å². The Morgan fingerprint density at radius 2 is 1.50 bits per heavy atom. The molecule has 78 valence electrons. The summed E-state index contributed by atoms with van der Waals surface area (Å²) in [6.07, 6.45) is 0. The van der Waals surface area contributed by atoms with Crippen molar-refractivity contribution in [1.29, 1.82) is 0 Å². The van der Waals surface area contributed by atoms with Crippen molar-refractivity contribution in [3.63, 3.8) is 0 Å². The number of thioether (sulfide) groups is 2. The van der Waals surface area contributed by atoms with Crippen LogP contribution in [0, 0.1) is 11.8 Å². The maximum Gasteiger partial charge on any atom is 0.185 e. The van der Waals surface area contributed by atoms with Crippen LogP contribution in [-0.2, 0) is 9.59 Å². The van der Waals surface area contributed by atoms with E-state index in [0.717, 1.165) is 11.5 Å². The standard InChI is InChI=1S/C10H14O2S2/c1-6-9(4-13-7(2)11)10(6)5-14-8(3)12/h9-10H,1,4-5H2,2-3H3/t9-,10-/m0/s1. The van der Waals surface area contributed by atoms with E-state index in [4.69, 9.17) is 0 Å². The zero-order valence-electron chi connectivity index (χ0n) is 8.41. The highest BCUT2D eigenvalue weighted by Gasteiger charge is 2.41. The Bertz CT molecular complexity index is 247. The van der Waals surface area contributed by atoms with Crippen LogP contribution in [0.25, 0.3) is 0 Å². The second-order valence-corrected chi connectivity index (χ2v) is 5.79. The Morgan fingerprint density at radius 3 is 1.79 bits per heavy atom. The first-order valence-corrected chi connectivity index (χ1v) is 6.45. The van der Waals surface area contributed by atoms with Gasteiger partial charge in [-0.05, 0) is 11.8 Å². The Labute approximate surface area is 92.9 Å². The van der Waals surface area contributed by atoms with E-state index in [2.05, 4.69) is 6.58 Å². The molecule has 2 atom stereocenters. The van der Waals surface area contributed by atoms with Crippen LogP contribution in [-0.4, -0.2) is 21.7 Å². The Balaban J connectivity index is 2.21. The number of carbonyl (C=O) groups excluding carboxylic acids is 2. The normalized spacial score (nSPS) is 24.9. The topological polar surface area (TPSA) is 34.1 Å².